The van der Waals surface area contributed by atoms with Crippen LogP contribution >= 0.6 is 0 Å². The van der Waals surface area contributed by atoms with Gasteiger partial charge in [-0.15, -0.1) is 0 Å². The van der Waals surface area contributed by atoms with E-state index in [1.807, 2.05) is 26.0 Å². The maximum atomic E-state index is 11.3. The Morgan fingerprint density at radius 2 is 2.05 bits per heavy atom. The van der Waals surface area contributed by atoms with Crippen LogP contribution < -0.4 is 10.1 Å². The summed E-state index contributed by atoms with van der Waals surface area (Å²) >= 11 is 0. The SMILES string of the molecule is CCNC(CCS(C)(=O)=O)c1ccc(OC)c(C)c1. The molecule has 4 nitrogen and oxygen atoms in total. The maximum absolute atomic E-state index is 11.3. The van der Waals surface area contributed by atoms with Crippen molar-refractivity contribution in [3.05, 3.63) is 29.3 Å². The van der Waals surface area contributed by atoms with Crippen LogP contribution in [0.3, 0.4) is 0 Å². The molecule has 108 valence electrons. The van der Waals surface area contributed by atoms with Gasteiger partial charge in [0.15, 0.2) is 0 Å². The van der Waals surface area contributed by atoms with Crippen molar-refractivity contribution in [2.45, 2.75) is 26.3 Å². The highest BCUT2D eigenvalue weighted by Crippen LogP contribution is 2.24. The lowest BCUT2D eigenvalue weighted by molar-refractivity contribution is 0.411. The number of benzene rings is 1. The smallest absolute Gasteiger partial charge is 0.147 e. The molecule has 1 rings (SSSR count). The molecule has 0 spiro atoms. The fourth-order valence-electron chi connectivity index (χ4n) is 2.08. The largest absolute Gasteiger partial charge is 0.496 e. The summed E-state index contributed by atoms with van der Waals surface area (Å²) in [5.74, 6) is 1.04. The molecule has 0 saturated heterocycles. The number of rotatable bonds is 7. The predicted molar refractivity (Wildman–Crippen MR) is 78.5 cm³/mol. The van der Waals surface area contributed by atoms with Gasteiger partial charge in [-0.1, -0.05) is 19.1 Å². The van der Waals surface area contributed by atoms with Gasteiger partial charge in [-0.25, -0.2) is 8.42 Å². The molecule has 0 heterocycles. The molecule has 0 bridgehead atoms. The van der Waals surface area contributed by atoms with Gasteiger partial charge in [0.2, 0.25) is 0 Å². The predicted octanol–water partition coefficient (Wildman–Crippen LogP) is 2.09. The van der Waals surface area contributed by atoms with Crippen molar-refractivity contribution >= 4 is 9.84 Å². The number of hydrogen-bond donors (Lipinski definition) is 1. The van der Waals surface area contributed by atoms with Crippen LogP contribution in [0.1, 0.15) is 30.5 Å². The van der Waals surface area contributed by atoms with E-state index in [0.717, 1.165) is 23.4 Å². The number of ether oxygens (including phenoxy) is 1. The van der Waals surface area contributed by atoms with E-state index in [0.29, 0.717) is 6.42 Å². The Balaban J connectivity index is 2.89. The molecular formula is C14H23NO3S. The topological polar surface area (TPSA) is 55.4 Å². The first-order valence-electron chi connectivity index (χ1n) is 6.43. The Morgan fingerprint density at radius 1 is 1.37 bits per heavy atom. The fraction of sp³-hybridized carbons (Fsp3) is 0.571. The van der Waals surface area contributed by atoms with Gasteiger partial charge in [-0.05, 0) is 37.1 Å². The third kappa shape index (κ3) is 5.20. The molecule has 5 heteroatoms. The number of sulfone groups is 1. The van der Waals surface area contributed by atoms with E-state index in [2.05, 4.69) is 11.4 Å². The molecular weight excluding hydrogens is 262 g/mol. The van der Waals surface area contributed by atoms with Gasteiger partial charge in [0.1, 0.15) is 15.6 Å². The molecule has 0 fully saturated rings. The Bertz CT molecular complexity index is 511. The highest BCUT2D eigenvalue weighted by molar-refractivity contribution is 7.90. The minimum atomic E-state index is -2.93. The summed E-state index contributed by atoms with van der Waals surface area (Å²) in [6, 6.07) is 6.02. The zero-order valence-electron chi connectivity index (χ0n) is 12.1. The molecule has 0 aromatic heterocycles. The molecule has 0 amide bonds. The molecule has 0 radical (unpaired) electrons. The van der Waals surface area contributed by atoms with E-state index in [-0.39, 0.29) is 11.8 Å². The Kier molecular flexibility index (Phi) is 5.82. The maximum Gasteiger partial charge on any atom is 0.147 e. The van der Waals surface area contributed by atoms with Crippen LogP contribution in [0.5, 0.6) is 5.75 Å². The van der Waals surface area contributed by atoms with E-state index < -0.39 is 9.84 Å². The normalized spacial score (nSPS) is 13.3. The minimum absolute atomic E-state index is 0.0596. The average molecular weight is 285 g/mol. The van der Waals surface area contributed by atoms with Crippen LogP contribution in [0, 0.1) is 6.92 Å². The van der Waals surface area contributed by atoms with Crippen LogP contribution in [0.15, 0.2) is 18.2 Å². The van der Waals surface area contributed by atoms with E-state index in [4.69, 9.17) is 4.74 Å². The fourth-order valence-corrected chi connectivity index (χ4v) is 2.75. The highest BCUT2D eigenvalue weighted by Gasteiger charge is 2.14. The van der Waals surface area contributed by atoms with Crippen LogP contribution in [0.2, 0.25) is 0 Å². The average Bonchev–Trinajstić information content (AvgIpc) is 2.33. The quantitative estimate of drug-likeness (QED) is 0.833. The number of nitrogens with one attached hydrogen (secondary N) is 1. The van der Waals surface area contributed by atoms with E-state index >= 15 is 0 Å². The molecule has 0 aliphatic carbocycles. The summed E-state index contributed by atoms with van der Waals surface area (Å²) in [6.45, 7) is 4.81. The van der Waals surface area contributed by atoms with Gasteiger partial charge in [-0.2, -0.15) is 0 Å². The summed E-state index contributed by atoms with van der Waals surface area (Å²) in [6.07, 6.45) is 1.85. The molecule has 19 heavy (non-hydrogen) atoms. The lowest BCUT2D eigenvalue weighted by Crippen LogP contribution is -2.23. The van der Waals surface area contributed by atoms with Crippen molar-refractivity contribution in [3.8, 4) is 5.75 Å². The van der Waals surface area contributed by atoms with Gasteiger partial charge >= 0.3 is 0 Å². The van der Waals surface area contributed by atoms with Gasteiger partial charge < -0.3 is 10.1 Å². The second-order valence-corrected chi connectivity index (χ2v) is 7.02. The van der Waals surface area contributed by atoms with Crippen LogP contribution in [0.4, 0.5) is 0 Å². The van der Waals surface area contributed by atoms with E-state index in [1.54, 1.807) is 7.11 Å². The molecule has 1 aromatic rings. The van der Waals surface area contributed by atoms with Crippen LogP contribution in [0.25, 0.3) is 0 Å². The molecule has 0 aliphatic rings. The van der Waals surface area contributed by atoms with Crippen molar-refractivity contribution in [1.82, 2.24) is 5.32 Å². The summed E-state index contributed by atoms with van der Waals surface area (Å²) in [7, 11) is -1.29. The second-order valence-electron chi connectivity index (χ2n) is 4.76. The summed E-state index contributed by atoms with van der Waals surface area (Å²) in [5.41, 5.74) is 2.16. The Morgan fingerprint density at radius 3 is 2.53 bits per heavy atom. The van der Waals surface area contributed by atoms with Crippen molar-refractivity contribution in [2.75, 3.05) is 25.7 Å². The van der Waals surface area contributed by atoms with Crippen molar-refractivity contribution in [2.24, 2.45) is 0 Å². The van der Waals surface area contributed by atoms with Crippen LogP contribution in [-0.4, -0.2) is 34.1 Å². The molecule has 1 N–H and O–H groups in total. The zero-order valence-corrected chi connectivity index (χ0v) is 12.9. The van der Waals surface area contributed by atoms with E-state index in [1.165, 1.54) is 6.26 Å². The lowest BCUT2D eigenvalue weighted by atomic mass is 10.0. The van der Waals surface area contributed by atoms with Crippen LogP contribution in [-0.2, 0) is 9.84 Å². The molecule has 1 unspecified atom stereocenters. The number of hydrogen-bond acceptors (Lipinski definition) is 4. The monoisotopic (exact) mass is 285 g/mol. The standard InChI is InChI=1S/C14H23NO3S/c1-5-15-13(8-9-19(4,16)17)12-6-7-14(18-3)11(2)10-12/h6-7,10,13,15H,5,8-9H2,1-4H3. The number of methoxy groups -OCH3 is 1. The van der Waals surface area contributed by atoms with Crippen molar-refractivity contribution in [1.29, 1.82) is 0 Å². The Labute approximate surface area is 116 Å². The highest BCUT2D eigenvalue weighted by atomic mass is 32.2. The first-order chi connectivity index (χ1) is 8.87. The summed E-state index contributed by atoms with van der Waals surface area (Å²) in [5, 5.41) is 3.33. The summed E-state index contributed by atoms with van der Waals surface area (Å²) in [4.78, 5) is 0. The number of aryl methyl sites for hydroxylation is 1. The Hall–Kier alpha value is -1.07. The summed E-state index contributed by atoms with van der Waals surface area (Å²) < 4.78 is 27.8. The molecule has 0 aliphatic heterocycles. The third-order valence-electron chi connectivity index (χ3n) is 3.05. The van der Waals surface area contributed by atoms with Crippen molar-refractivity contribution < 1.29 is 13.2 Å². The molecule has 1 aromatic carbocycles. The van der Waals surface area contributed by atoms with Crippen molar-refractivity contribution in [3.63, 3.8) is 0 Å². The lowest BCUT2D eigenvalue weighted by Gasteiger charge is -2.19. The first-order valence-corrected chi connectivity index (χ1v) is 8.49. The van der Waals surface area contributed by atoms with Gasteiger partial charge in [0, 0.05) is 12.3 Å². The first kappa shape index (κ1) is 16.0. The molecule has 0 saturated carbocycles. The van der Waals surface area contributed by atoms with Gasteiger partial charge in [0.25, 0.3) is 0 Å². The zero-order chi connectivity index (χ0) is 14.5. The van der Waals surface area contributed by atoms with E-state index in [9.17, 15) is 8.42 Å². The molecule has 1 atom stereocenters. The second kappa shape index (κ2) is 6.91. The third-order valence-corrected chi connectivity index (χ3v) is 4.03. The van der Waals surface area contributed by atoms with Gasteiger partial charge in [-0.3, -0.25) is 0 Å². The van der Waals surface area contributed by atoms with Gasteiger partial charge in [0.05, 0.1) is 12.9 Å². The minimum Gasteiger partial charge on any atom is -0.496 e.